The van der Waals surface area contributed by atoms with Gasteiger partial charge in [-0.25, -0.2) is 4.98 Å². The number of amides is 1. The maximum Gasteiger partial charge on any atom is 0.246 e. The maximum absolute atomic E-state index is 13.0. The number of nitrogens with two attached hydrogens (primary N) is 1. The Labute approximate surface area is 141 Å². The number of carbonyl (C=O) groups excluding carboxylic acids is 1. The number of thiazole rings is 1. The van der Waals surface area contributed by atoms with Crippen LogP contribution in [0.2, 0.25) is 0 Å². The number of piperidine rings is 1. The van der Waals surface area contributed by atoms with E-state index in [1.54, 1.807) is 11.3 Å². The number of rotatable bonds is 3. The number of benzene rings is 1. The molecule has 1 saturated heterocycles. The van der Waals surface area contributed by atoms with Crippen LogP contribution in [0.5, 0.6) is 0 Å². The first-order chi connectivity index (χ1) is 11.0. The Morgan fingerprint density at radius 1 is 1.39 bits per heavy atom. The topological polar surface area (TPSA) is 59.2 Å². The smallest absolute Gasteiger partial charge is 0.246 e. The molecule has 2 heterocycles. The molecule has 3 rings (SSSR count). The lowest BCUT2D eigenvalue weighted by Gasteiger charge is -2.37. The van der Waals surface area contributed by atoms with Crippen molar-refractivity contribution in [2.45, 2.75) is 38.1 Å². The minimum Gasteiger partial charge on any atom is -0.340 e. The highest BCUT2D eigenvalue weighted by Crippen LogP contribution is 2.31. The molecule has 1 aliphatic rings. The standard InChI is InChI=1S/C18H23N3OS/c1-13-12-23-16(20-13)14-7-6-10-21(11-14)17(22)18(2,19)15-8-4-3-5-9-15/h3-5,8-9,12,14H,6-7,10-11,19H2,1-2H3. The number of likely N-dealkylation sites (tertiary alicyclic amines) is 1. The molecule has 23 heavy (non-hydrogen) atoms. The number of carbonyl (C=O) groups is 1. The van der Waals surface area contributed by atoms with Crippen molar-refractivity contribution >= 4 is 17.2 Å². The van der Waals surface area contributed by atoms with Crippen LogP contribution < -0.4 is 5.73 Å². The molecule has 0 radical (unpaired) electrons. The van der Waals surface area contributed by atoms with E-state index in [-0.39, 0.29) is 5.91 Å². The van der Waals surface area contributed by atoms with E-state index in [9.17, 15) is 4.79 Å². The molecule has 1 aliphatic heterocycles. The van der Waals surface area contributed by atoms with Crippen LogP contribution in [0.3, 0.4) is 0 Å². The van der Waals surface area contributed by atoms with E-state index in [0.29, 0.717) is 12.5 Å². The molecular formula is C18H23N3OS. The van der Waals surface area contributed by atoms with Gasteiger partial charge in [0.1, 0.15) is 5.54 Å². The Morgan fingerprint density at radius 3 is 2.78 bits per heavy atom. The molecule has 0 aliphatic carbocycles. The summed E-state index contributed by atoms with van der Waals surface area (Å²) >= 11 is 1.69. The lowest BCUT2D eigenvalue weighted by Crippen LogP contribution is -2.53. The van der Waals surface area contributed by atoms with E-state index < -0.39 is 5.54 Å². The van der Waals surface area contributed by atoms with Crippen molar-refractivity contribution < 1.29 is 4.79 Å². The van der Waals surface area contributed by atoms with Gasteiger partial charge >= 0.3 is 0 Å². The highest BCUT2D eigenvalue weighted by atomic mass is 32.1. The second kappa shape index (κ2) is 6.42. The van der Waals surface area contributed by atoms with Crippen LogP contribution in [0, 0.1) is 6.92 Å². The van der Waals surface area contributed by atoms with E-state index in [2.05, 4.69) is 10.4 Å². The van der Waals surface area contributed by atoms with E-state index in [0.717, 1.165) is 35.7 Å². The Bertz CT molecular complexity index is 681. The average molecular weight is 329 g/mol. The zero-order valence-electron chi connectivity index (χ0n) is 13.7. The van der Waals surface area contributed by atoms with Crippen LogP contribution in [-0.4, -0.2) is 28.9 Å². The van der Waals surface area contributed by atoms with Gasteiger partial charge in [-0.15, -0.1) is 11.3 Å². The van der Waals surface area contributed by atoms with Gasteiger partial charge in [0.2, 0.25) is 5.91 Å². The van der Waals surface area contributed by atoms with Crippen LogP contribution in [-0.2, 0) is 10.3 Å². The molecule has 1 amide bonds. The molecule has 122 valence electrons. The van der Waals surface area contributed by atoms with E-state index in [4.69, 9.17) is 5.73 Å². The summed E-state index contributed by atoms with van der Waals surface area (Å²) in [6.45, 7) is 5.31. The quantitative estimate of drug-likeness (QED) is 0.941. The van der Waals surface area contributed by atoms with Crippen LogP contribution in [0.4, 0.5) is 0 Å². The van der Waals surface area contributed by atoms with Gasteiger partial charge in [-0.1, -0.05) is 30.3 Å². The van der Waals surface area contributed by atoms with Gasteiger partial charge in [0.05, 0.1) is 5.01 Å². The molecule has 0 saturated carbocycles. The summed E-state index contributed by atoms with van der Waals surface area (Å²) < 4.78 is 0. The lowest BCUT2D eigenvalue weighted by molar-refractivity contribution is -0.138. The molecule has 1 aromatic heterocycles. The maximum atomic E-state index is 13.0. The monoisotopic (exact) mass is 329 g/mol. The van der Waals surface area contributed by atoms with Gasteiger partial charge < -0.3 is 10.6 Å². The molecular weight excluding hydrogens is 306 g/mol. The Morgan fingerprint density at radius 2 is 2.13 bits per heavy atom. The third-order valence-corrected chi connectivity index (χ3v) is 5.64. The fraction of sp³-hybridized carbons (Fsp3) is 0.444. The average Bonchev–Trinajstić information content (AvgIpc) is 3.01. The fourth-order valence-corrected chi connectivity index (χ4v) is 4.08. The normalized spacial score (nSPS) is 21.0. The van der Waals surface area contributed by atoms with Gasteiger partial charge in [-0.2, -0.15) is 0 Å². The predicted molar refractivity (Wildman–Crippen MR) is 93.4 cm³/mol. The largest absolute Gasteiger partial charge is 0.340 e. The molecule has 2 aromatic rings. The number of hydrogen-bond donors (Lipinski definition) is 1. The van der Waals surface area contributed by atoms with Gasteiger partial charge in [0.25, 0.3) is 0 Å². The van der Waals surface area contributed by atoms with Crippen LogP contribution in [0.15, 0.2) is 35.7 Å². The summed E-state index contributed by atoms with van der Waals surface area (Å²) in [5.74, 6) is 0.333. The van der Waals surface area contributed by atoms with Crippen molar-refractivity contribution in [3.05, 3.63) is 52.0 Å². The summed E-state index contributed by atoms with van der Waals surface area (Å²) in [5.41, 5.74) is 7.33. The van der Waals surface area contributed by atoms with Crippen LogP contribution >= 0.6 is 11.3 Å². The highest BCUT2D eigenvalue weighted by Gasteiger charge is 2.37. The Balaban J connectivity index is 1.77. The zero-order valence-corrected chi connectivity index (χ0v) is 14.5. The van der Waals surface area contributed by atoms with E-state index >= 15 is 0 Å². The second-order valence-corrected chi connectivity index (χ2v) is 7.38. The molecule has 5 heteroatoms. The highest BCUT2D eigenvalue weighted by molar-refractivity contribution is 7.09. The third-order valence-electron chi connectivity index (χ3n) is 4.51. The number of aromatic nitrogens is 1. The van der Waals surface area contributed by atoms with Crippen molar-refractivity contribution in [2.75, 3.05) is 13.1 Å². The lowest BCUT2D eigenvalue weighted by atomic mass is 9.89. The first-order valence-electron chi connectivity index (χ1n) is 8.04. The summed E-state index contributed by atoms with van der Waals surface area (Å²) in [6, 6.07) is 9.62. The molecule has 0 bridgehead atoms. The third kappa shape index (κ3) is 3.31. The van der Waals surface area contributed by atoms with Crippen molar-refractivity contribution in [1.82, 2.24) is 9.88 Å². The Hall–Kier alpha value is -1.72. The molecule has 2 atom stereocenters. The molecule has 2 unspecified atom stereocenters. The van der Waals surface area contributed by atoms with E-state index in [1.165, 1.54) is 0 Å². The zero-order chi connectivity index (χ0) is 16.4. The first kappa shape index (κ1) is 16.1. The van der Waals surface area contributed by atoms with Crippen molar-refractivity contribution in [3.63, 3.8) is 0 Å². The van der Waals surface area contributed by atoms with Gasteiger partial charge in [-0.05, 0) is 32.3 Å². The minimum atomic E-state index is -0.984. The summed E-state index contributed by atoms with van der Waals surface area (Å²) in [6.07, 6.45) is 2.09. The fourth-order valence-electron chi connectivity index (χ4n) is 3.16. The SMILES string of the molecule is Cc1csc(C2CCCN(C(=O)C(C)(N)c3ccccc3)C2)n1. The minimum absolute atomic E-state index is 0.00155. The van der Waals surface area contributed by atoms with E-state index in [1.807, 2.05) is 49.1 Å². The summed E-state index contributed by atoms with van der Waals surface area (Å²) in [4.78, 5) is 19.5. The van der Waals surface area contributed by atoms with Crippen LogP contribution in [0.25, 0.3) is 0 Å². The molecule has 4 nitrogen and oxygen atoms in total. The number of nitrogens with zero attached hydrogens (tertiary/aromatic N) is 2. The summed E-state index contributed by atoms with van der Waals surface area (Å²) in [7, 11) is 0. The van der Waals surface area contributed by atoms with Gasteiger partial charge in [0.15, 0.2) is 0 Å². The second-order valence-electron chi connectivity index (χ2n) is 6.49. The molecule has 1 aromatic carbocycles. The predicted octanol–water partition coefficient (Wildman–Crippen LogP) is 3.03. The summed E-state index contributed by atoms with van der Waals surface area (Å²) in [5, 5.41) is 3.21. The van der Waals surface area contributed by atoms with Crippen LogP contribution in [0.1, 0.15) is 41.9 Å². The van der Waals surface area contributed by atoms with Gasteiger partial charge in [0, 0.05) is 30.1 Å². The number of aryl methyl sites for hydroxylation is 1. The van der Waals surface area contributed by atoms with Crippen molar-refractivity contribution in [2.24, 2.45) is 5.73 Å². The Kier molecular flexibility index (Phi) is 4.50. The first-order valence-corrected chi connectivity index (χ1v) is 8.92. The van der Waals surface area contributed by atoms with Crippen molar-refractivity contribution in [3.8, 4) is 0 Å². The number of hydrogen-bond acceptors (Lipinski definition) is 4. The van der Waals surface area contributed by atoms with Gasteiger partial charge in [-0.3, -0.25) is 4.79 Å². The molecule has 1 fully saturated rings. The molecule has 0 spiro atoms. The van der Waals surface area contributed by atoms with Crippen molar-refractivity contribution in [1.29, 1.82) is 0 Å². The molecule has 2 N–H and O–H groups in total.